The predicted molar refractivity (Wildman–Crippen MR) is 45.8 cm³/mol. The zero-order chi connectivity index (χ0) is 10.1. The first-order valence-electron chi connectivity index (χ1n) is 3.91. The van der Waals surface area contributed by atoms with E-state index < -0.39 is 11.7 Å². The van der Waals surface area contributed by atoms with Gasteiger partial charge in [0.2, 0.25) is 5.78 Å². The van der Waals surface area contributed by atoms with Crippen LogP contribution < -0.4 is 0 Å². The molecule has 0 amide bonds. The zero-order valence-electron chi connectivity index (χ0n) is 7.47. The summed E-state index contributed by atoms with van der Waals surface area (Å²) in [6.07, 6.45) is 0. The number of benzene rings is 1. The number of hydrogen-bond acceptors (Lipinski definition) is 1. The van der Waals surface area contributed by atoms with Crippen LogP contribution in [0.25, 0.3) is 0 Å². The van der Waals surface area contributed by atoms with Crippen molar-refractivity contribution < 1.29 is 13.6 Å². The highest BCUT2D eigenvalue weighted by atomic mass is 19.3. The van der Waals surface area contributed by atoms with E-state index in [1.807, 2.05) is 0 Å². The molecule has 1 rings (SSSR count). The molecule has 0 aliphatic heterocycles. The Hall–Kier alpha value is -1.25. The normalized spacial score (nSPS) is 11.4. The quantitative estimate of drug-likeness (QED) is 0.690. The zero-order valence-corrected chi connectivity index (χ0v) is 7.47. The van der Waals surface area contributed by atoms with Crippen LogP contribution in [0, 0.1) is 6.92 Å². The van der Waals surface area contributed by atoms with Gasteiger partial charge in [0.1, 0.15) is 0 Å². The summed E-state index contributed by atoms with van der Waals surface area (Å²) in [4.78, 5) is 10.7. The Morgan fingerprint density at radius 1 is 1.31 bits per heavy atom. The molecule has 0 aliphatic carbocycles. The van der Waals surface area contributed by atoms with Crippen molar-refractivity contribution in [2.75, 3.05) is 0 Å². The average Bonchev–Trinajstić information content (AvgIpc) is 2.04. The van der Waals surface area contributed by atoms with Crippen LogP contribution >= 0.6 is 0 Å². The van der Waals surface area contributed by atoms with Crippen molar-refractivity contribution in [1.82, 2.24) is 0 Å². The summed E-state index contributed by atoms with van der Waals surface area (Å²) in [5.74, 6) is -4.48. The Balaban J connectivity index is 3.22. The van der Waals surface area contributed by atoms with Gasteiger partial charge in [-0.2, -0.15) is 8.78 Å². The summed E-state index contributed by atoms with van der Waals surface area (Å²) < 4.78 is 26.4. The molecule has 0 heterocycles. The number of halogens is 2. The monoisotopic (exact) mass is 184 g/mol. The number of carbonyl (C=O) groups is 1. The van der Waals surface area contributed by atoms with Gasteiger partial charge in [-0.3, -0.25) is 4.79 Å². The first kappa shape index (κ1) is 9.84. The van der Waals surface area contributed by atoms with Crippen LogP contribution in [-0.2, 0) is 10.7 Å². The van der Waals surface area contributed by atoms with E-state index >= 15 is 0 Å². The van der Waals surface area contributed by atoms with Crippen LogP contribution in [-0.4, -0.2) is 5.78 Å². The van der Waals surface area contributed by atoms with Crippen molar-refractivity contribution >= 4 is 5.78 Å². The van der Waals surface area contributed by atoms with Crippen molar-refractivity contribution in [2.45, 2.75) is 19.8 Å². The number of ketones is 1. The highest BCUT2D eigenvalue weighted by Gasteiger charge is 2.38. The van der Waals surface area contributed by atoms with Gasteiger partial charge in [0.25, 0.3) is 0 Å². The van der Waals surface area contributed by atoms with Crippen LogP contribution in [0.15, 0.2) is 24.3 Å². The van der Waals surface area contributed by atoms with Crippen LogP contribution in [0.3, 0.4) is 0 Å². The van der Waals surface area contributed by atoms with E-state index in [0.29, 0.717) is 5.56 Å². The van der Waals surface area contributed by atoms with Crippen molar-refractivity contribution in [3.63, 3.8) is 0 Å². The molecule has 0 fully saturated rings. The smallest absolute Gasteiger partial charge is 0.293 e. The number of hydrogen-bond donors (Lipinski definition) is 0. The summed E-state index contributed by atoms with van der Waals surface area (Å²) in [5, 5.41) is 0. The maximum atomic E-state index is 13.2. The molecule has 13 heavy (non-hydrogen) atoms. The Bertz CT molecular complexity index is 331. The Labute approximate surface area is 75.4 Å². The van der Waals surface area contributed by atoms with E-state index in [0.717, 1.165) is 6.92 Å². The van der Waals surface area contributed by atoms with E-state index in [4.69, 9.17) is 0 Å². The fourth-order valence-electron chi connectivity index (χ4n) is 1.11. The summed E-state index contributed by atoms with van der Waals surface area (Å²) in [6, 6.07) is 6.00. The summed E-state index contributed by atoms with van der Waals surface area (Å²) in [7, 11) is 0. The van der Waals surface area contributed by atoms with Gasteiger partial charge in [-0.05, 0) is 12.5 Å². The van der Waals surface area contributed by atoms with Crippen LogP contribution in [0.5, 0.6) is 0 Å². The molecule has 1 aromatic carbocycles. The number of rotatable bonds is 2. The van der Waals surface area contributed by atoms with Crippen LogP contribution in [0.2, 0.25) is 0 Å². The number of Topliss-reactive ketones (excluding diaryl/α,β-unsaturated/α-hetero) is 1. The van der Waals surface area contributed by atoms with Crippen molar-refractivity contribution in [3.05, 3.63) is 35.4 Å². The second-order valence-corrected chi connectivity index (χ2v) is 2.95. The van der Waals surface area contributed by atoms with E-state index in [9.17, 15) is 13.6 Å². The van der Waals surface area contributed by atoms with Gasteiger partial charge in [0.15, 0.2) is 0 Å². The van der Waals surface area contributed by atoms with E-state index in [2.05, 4.69) is 0 Å². The minimum absolute atomic E-state index is 0.206. The molecule has 3 heteroatoms. The molecule has 0 aliphatic rings. The first-order chi connectivity index (χ1) is 5.96. The molecule has 0 radical (unpaired) electrons. The van der Waals surface area contributed by atoms with E-state index in [-0.39, 0.29) is 5.56 Å². The number of alkyl halides is 2. The topological polar surface area (TPSA) is 17.1 Å². The molecule has 0 spiro atoms. The number of carbonyl (C=O) groups excluding carboxylic acids is 1. The Morgan fingerprint density at radius 3 is 2.31 bits per heavy atom. The highest BCUT2D eigenvalue weighted by Crippen LogP contribution is 2.30. The third kappa shape index (κ3) is 1.74. The molecule has 0 saturated heterocycles. The standard InChI is InChI=1S/C10H10F2O/c1-7-5-3-4-6-9(7)10(11,12)8(2)13/h3-6H,1-2H3. The van der Waals surface area contributed by atoms with Gasteiger partial charge in [0, 0.05) is 12.5 Å². The molecule has 0 aromatic heterocycles. The average molecular weight is 184 g/mol. The molecule has 0 bridgehead atoms. The van der Waals surface area contributed by atoms with Crippen LogP contribution in [0.1, 0.15) is 18.1 Å². The minimum Gasteiger partial charge on any atom is -0.293 e. The second-order valence-electron chi connectivity index (χ2n) is 2.95. The highest BCUT2D eigenvalue weighted by molar-refractivity contribution is 5.84. The third-order valence-electron chi connectivity index (χ3n) is 1.93. The number of aryl methyl sites for hydroxylation is 1. The van der Waals surface area contributed by atoms with Gasteiger partial charge in [-0.1, -0.05) is 24.3 Å². The van der Waals surface area contributed by atoms with Crippen molar-refractivity contribution in [1.29, 1.82) is 0 Å². The molecular weight excluding hydrogens is 174 g/mol. The van der Waals surface area contributed by atoms with E-state index in [1.54, 1.807) is 19.1 Å². The maximum absolute atomic E-state index is 13.2. The molecular formula is C10H10F2O. The lowest BCUT2D eigenvalue weighted by atomic mass is 10.0. The van der Waals surface area contributed by atoms with Crippen LogP contribution in [0.4, 0.5) is 8.78 Å². The lowest BCUT2D eigenvalue weighted by Gasteiger charge is -2.14. The second kappa shape index (κ2) is 3.24. The molecule has 70 valence electrons. The minimum atomic E-state index is -3.36. The summed E-state index contributed by atoms with van der Waals surface area (Å²) in [6.45, 7) is 2.46. The molecule has 1 aromatic rings. The van der Waals surface area contributed by atoms with Gasteiger partial charge in [-0.15, -0.1) is 0 Å². The van der Waals surface area contributed by atoms with Gasteiger partial charge in [0.05, 0.1) is 0 Å². The molecule has 1 nitrogen and oxygen atoms in total. The fourth-order valence-corrected chi connectivity index (χ4v) is 1.11. The first-order valence-corrected chi connectivity index (χ1v) is 3.91. The summed E-state index contributed by atoms with van der Waals surface area (Å²) >= 11 is 0. The molecule has 0 N–H and O–H groups in total. The van der Waals surface area contributed by atoms with Crippen molar-refractivity contribution in [2.24, 2.45) is 0 Å². The molecule has 0 unspecified atom stereocenters. The largest absolute Gasteiger partial charge is 0.330 e. The van der Waals surface area contributed by atoms with Gasteiger partial charge < -0.3 is 0 Å². The lowest BCUT2D eigenvalue weighted by molar-refractivity contribution is -0.142. The van der Waals surface area contributed by atoms with Gasteiger partial charge >= 0.3 is 5.92 Å². The SMILES string of the molecule is CC(=O)C(F)(F)c1ccccc1C. The Morgan fingerprint density at radius 2 is 1.85 bits per heavy atom. The molecule has 0 saturated carbocycles. The third-order valence-corrected chi connectivity index (χ3v) is 1.93. The Kier molecular flexibility index (Phi) is 2.45. The summed E-state index contributed by atoms with van der Waals surface area (Å²) in [5.41, 5.74) is 0.227. The van der Waals surface area contributed by atoms with E-state index in [1.165, 1.54) is 12.1 Å². The lowest BCUT2D eigenvalue weighted by Crippen LogP contribution is -2.23. The molecule has 0 atom stereocenters. The van der Waals surface area contributed by atoms with Gasteiger partial charge in [-0.25, -0.2) is 0 Å². The fraction of sp³-hybridized carbons (Fsp3) is 0.300. The van der Waals surface area contributed by atoms with Crippen molar-refractivity contribution in [3.8, 4) is 0 Å². The predicted octanol–water partition coefficient (Wildman–Crippen LogP) is 2.68. The maximum Gasteiger partial charge on any atom is 0.330 e.